The van der Waals surface area contributed by atoms with E-state index in [1.165, 1.54) is 0 Å². The van der Waals surface area contributed by atoms with Crippen molar-refractivity contribution in [2.24, 2.45) is 0 Å². The fraction of sp³-hybridized carbons (Fsp3) is 0.143. The lowest BCUT2D eigenvalue weighted by Crippen LogP contribution is -2.36. The average molecular weight is 479 g/mol. The summed E-state index contributed by atoms with van der Waals surface area (Å²) in [6.45, 7) is 0.435. The maximum atomic E-state index is 11.9. The largest absolute Gasteiger partial charge is 0.350 e. The molecule has 0 atom stereocenters. The zero-order valence-corrected chi connectivity index (χ0v) is 15.4. The van der Waals surface area contributed by atoms with Crippen LogP contribution < -0.4 is 10.6 Å². The molecule has 2 amide bonds. The van der Waals surface area contributed by atoms with Crippen molar-refractivity contribution in [2.75, 3.05) is 6.54 Å². The minimum absolute atomic E-state index is 0.0314. The molecule has 7 heteroatoms. The average Bonchev–Trinajstić information content (AvgIpc) is 2.89. The highest BCUT2D eigenvalue weighted by Gasteiger charge is 2.10. The van der Waals surface area contributed by atoms with Gasteiger partial charge in [-0.1, -0.05) is 12.1 Å². The van der Waals surface area contributed by atoms with Crippen molar-refractivity contribution in [1.82, 2.24) is 10.6 Å². The van der Waals surface area contributed by atoms with Gasteiger partial charge in [0.05, 0.1) is 22.4 Å². The van der Waals surface area contributed by atoms with Crippen molar-refractivity contribution in [3.63, 3.8) is 0 Å². The summed E-state index contributed by atoms with van der Waals surface area (Å²) in [5, 5.41) is 5.39. The van der Waals surface area contributed by atoms with Gasteiger partial charge in [0.2, 0.25) is 5.91 Å². The predicted octanol–water partition coefficient (Wildman–Crippen LogP) is 3.16. The molecule has 110 valence electrons. The Morgan fingerprint density at radius 2 is 1.90 bits per heavy atom. The summed E-state index contributed by atoms with van der Waals surface area (Å²) in [5.74, 6) is -0.451. The molecule has 0 spiro atoms. The van der Waals surface area contributed by atoms with Gasteiger partial charge in [-0.25, -0.2) is 0 Å². The number of nitrogens with one attached hydrogen (secondary N) is 2. The lowest BCUT2D eigenvalue weighted by atomic mass is 10.2. The van der Waals surface area contributed by atoms with Crippen LogP contribution in [0.2, 0.25) is 0 Å². The Bertz CT molecular complexity index is 660. The van der Waals surface area contributed by atoms with Crippen molar-refractivity contribution in [1.29, 1.82) is 0 Å². The van der Waals surface area contributed by atoms with Gasteiger partial charge in [-0.2, -0.15) is 0 Å². The Morgan fingerprint density at radius 3 is 2.57 bits per heavy atom. The smallest absolute Gasteiger partial charge is 0.252 e. The van der Waals surface area contributed by atoms with Gasteiger partial charge in [0, 0.05) is 8.45 Å². The van der Waals surface area contributed by atoms with Gasteiger partial charge in [0.15, 0.2) is 0 Å². The van der Waals surface area contributed by atoms with Crippen LogP contribution in [-0.2, 0) is 11.3 Å². The third kappa shape index (κ3) is 5.08. The van der Waals surface area contributed by atoms with Crippen LogP contribution in [0.3, 0.4) is 0 Å². The molecule has 21 heavy (non-hydrogen) atoms. The molecule has 2 N–H and O–H groups in total. The highest BCUT2D eigenvalue weighted by atomic mass is 127. The molecule has 0 fully saturated rings. The van der Waals surface area contributed by atoms with Crippen LogP contribution in [-0.4, -0.2) is 18.4 Å². The molecule has 0 aliphatic rings. The van der Waals surface area contributed by atoms with Crippen molar-refractivity contribution >= 4 is 61.7 Å². The molecule has 1 aromatic heterocycles. The summed E-state index contributed by atoms with van der Waals surface area (Å²) in [5.41, 5.74) is 0.577. The first-order chi connectivity index (χ1) is 10.1. The lowest BCUT2D eigenvalue weighted by molar-refractivity contribution is -0.120. The van der Waals surface area contributed by atoms with Gasteiger partial charge >= 0.3 is 0 Å². The van der Waals surface area contributed by atoms with E-state index in [2.05, 4.69) is 49.2 Å². The van der Waals surface area contributed by atoms with E-state index in [9.17, 15) is 9.59 Å². The highest BCUT2D eigenvalue weighted by Crippen LogP contribution is 2.21. The molecule has 1 aromatic carbocycles. The Hall–Kier alpha value is -0.930. The molecule has 1 heterocycles. The number of rotatable bonds is 5. The third-order valence-electron chi connectivity index (χ3n) is 2.62. The van der Waals surface area contributed by atoms with E-state index in [0.717, 1.165) is 12.2 Å². The first-order valence-corrected chi connectivity index (χ1v) is 8.78. The van der Waals surface area contributed by atoms with Crippen LogP contribution in [0.4, 0.5) is 0 Å². The second-order valence-electron chi connectivity index (χ2n) is 4.15. The molecule has 0 radical (unpaired) electrons. The van der Waals surface area contributed by atoms with Crippen molar-refractivity contribution < 1.29 is 9.59 Å². The molecular formula is C14H12BrIN2O2S. The van der Waals surface area contributed by atoms with Crippen molar-refractivity contribution in [3.8, 4) is 0 Å². The van der Waals surface area contributed by atoms with E-state index >= 15 is 0 Å². The zero-order chi connectivity index (χ0) is 15.2. The molecule has 4 nitrogen and oxygen atoms in total. The van der Waals surface area contributed by atoms with Gasteiger partial charge in [-0.15, -0.1) is 11.3 Å². The number of halogens is 2. The number of thiophene rings is 1. The third-order valence-corrected chi connectivity index (χ3v) is 5.18. The fourth-order valence-corrected chi connectivity index (χ4v) is 3.65. The second kappa shape index (κ2) is 7.90. The molecule has 0 unspecified atom stereocenters. The lowest BCUT2D eigenvalue weighted by Gasteiger charge is -2.07. The molecule has 0 bridgehead atoms. The monoisotopic (exact) mass is 478 g/mol. The molecule has 2 aromatic rings. The maximum absolute atomic E-state index is 11.9. The predicted molar refractivity (Wildman–Crippen MR) is 95.4 cm³/mol. The summed E-state index contributed by atoms with van der Waals surface area (Å²) in [6.07, 6.45) is 0. The normalized spacial score (nSPS) is 10.2. The summed E-state index contributed by atoms with van der Waals surface area (Å²) < 4.78 is 1.88. The van der Waals surface area contributed by atoms with Crippen molar-refractivity contribution in [3.05, 3.63) is 54.2 Å². The Morgan fingerprint density at radius 1 is 1.14 bits per heavy atom. The molecule has 0 saturated heterocycles. The molecular weight excluding hydrogens is 467 g/mol. The van der Waals surface area contributed by atoms with Crippen molar-refractivity contribution in [2.45, 2.75) is 6.54 Å². The number of carbonyl (C=O) groups excluding carboxylic acids is 2. The standard InChI is InChI=1S/C14H12BrIN2O2S/c15-12-6-5-9(21-12)7-17-13(19)8-18-14(20)10-3-1-2-4-11(10)16/h1-6H,7-8H2,(H,17,19)(H,18,20). The zero-order valence-electron chi connectivity index (χ0n) is 10.9. The Labute approximate surface area is 148 Å². The van der Waals surface area contributed by atoms with E-state index in [1.807, 2.05) is 24.3 Å². The maximum Gasteiger partial charge on any atom is 0.252 e. The first-order valence-electron chi connectivity index (χ1n) is 6.10. The molecule has 2 rings (SSSR count). The summed E-state index contributed by atoms with van der Waals surface area (Å²) in [4.78, 5) is 24.7. The van der Waals surface area contributed by atoms with Gasteiger partial charge in [0.1, 0.15) is 0 Å². The highest BCUT2D eigenvalue weighted by molar-refractivity contribution is 14.1. The van der Waals surface area contributed by atoms with Crippen LogP contribution in [0.15, 0.2) is 40.2 Å². The SMILES string of the molecule is O=C(CNC(=O)c1ccccc1I)NCc1ccc(Br)s1. The fourth-order valence-electron chi connectivity index (χ4n) is 1.60. The van der Waals surface area contributed by atoms with E-state index in [1.54, 1.807) is 23.5 Å². The summed E-state index contributed by atoms with van der Waals surface area (Å²) in [6, 6.07) is 11.1. The number of benzene rings is 1. The van der Waals surface area contributed by atoms with Crippen LogP contribution in [0.1, 0.15) is 15.2 Å². The number of carbonyl (C=O) groups is 2. The van der Waals surface area contributed by atoms with E-state index in [4.69, 9.17) is 0 Å². The Balaban J connectivity index is 1.79. The Kier molecular flexibility index (Phi) is 6.19. The molecule has 0 aliphatic carbocycles. The number of hydrogen-bond donors (Lipinski definition) is 2. The first kappa shape index (κ1) is 16.4. The van der Waals surface area contributed by atoms with Crippen LogP contribution in [0.25, 0.3) is 0 Å². The van der Waals surface area contributed by atoms with Crippen LogP contribution >= 0.6 is 49.9 Å². The minimum atomic E-state index is -0.242. The number of amides is 2. The molecule has 0 saturated carbocycles. The van der Waals surface area contributed by atoms with E-state index < -0.39 is 0 Å². The van der Waals surface area contributed by atoms with Crippen LogP contribution in [0, 0.1) is 3.57 Å². The quantitative estimate of drug-likeness (QED) is 0.648. The van der Waals surface area contributed by atoms with Gasteiger partial charge in [-0.3, -0.25) is 9.59 Å². The van der Waals surface area contributed by atoms with Crippen LogP contribution in [0.5, 0.6) is 0 Å². The topological polar surface area (TPSA) is 58.2 Å². The summed E-state index contributed by atoms with van der Waals surface area (Å²) >= 11 is 7.03. The van der Waals surface area contributed by atoms with E-state index in [-0.39, 0.29) is 18.4 Å². The second-order valence-corrected chi connectivity index (χ2v) is 7.85. The summed E-state index contributed by atoms with van der Waals surface area (Å²) in [7, 11) is 0. The number of hydrogen-bond acceptors (Lipinski definition) is 3. The minimum Gasteiger partial charge on any atom is -0.350 e. The van der Waals surface area contributed by atoms with Gasteiger partial charge < -0.3 is 10.6 Å². The van der Waals surface area contributed by atoms with Gasteiger partial charge in [-0.05, 0) is 62.8 Å². The van der Waals surface area contributed by atoms with Gasteiger partial charge in [0.25, 0.3) is 5.91 Å². The van der Waals surface area contributed by atoms with E-state index in [0.29, 0.717) is 12.1 Å². The molecule has 0 aliphatic heterocycles.